The van der Waals surface area contributed by atoms with Crippen molar-refractivity contribution < 1.29 is 14.3 Å². The quantitative estimate of drug-likeness (QED) is 0.803. The van der Waals surface area contributed by atoms with Crippen LogP contribution in [0.25, 0.3) is 10.6 Å². The molecule has 1 aromatic carbocycles. The van der Waals surface area contributed by atoms with E-state index in [0.717, 1.165) is 49.0 Å². The second-order valence-corrected chi connectivity index (χ2v) is 8.18. The molecule has 3 heterocycles. The molecular formula is C20H24N2O3S. The summed E-state index contributed by atoms with van der Waals surface area (Å²) in [5.41, 5.74) is 1.56. The highest BCUT2D eigenvalue weighted by Crippen LogP contribution is 2.32. The number of thiazole rings is 1. The highest BCUT2D eigenvalue weighted by atomic mass is 32.1. The fourth-order valence-corrected chi connectivity index (χ4v) is 4.32. The minimum Gasteiger partial charge on any atom is -0.491 e. The lowest BCUT2D eigenvalue weighted by atomic mass is 9.85. The number of amides is 1. The van der Waals surface area contributed by atoms with Crippen LogP contribution in [-0.2, 0) is 4.74 Å². The molecule has 0 radical (unpaired) electrons. The van der Waals surface area contributed by atoms with Crippen molar-refractivity contribution in [2.45, 2.75) is 26.4 Å². The predicted molar refractivity (Wildman–Crippen MR) is 102 cm³/mol. The number of nitrogens with zero attached hydrogens (tertiary/aromatic N) is 2. The van der Waals surface area contributed by atoms with Gasteiger partial charge in [-0.2, -0.15) is 0 Å². The molecule has 4 rings (SSSR count). The topological polar surface area (TPSA) is 51.7 Å². The van der Waals surface area contributed by atoms with Gasteiger partial charge in [-0.3, -0.25) is 4.79 Å². The number of rotatable bonds is 5. The Morgan fingerprint density at radius 2 is 2.04 bits per heavy atom. The highest BCUT2D eigenvalue weighted by molar-refractivity contribution is 7.13. The molecule has 0 N–H and O–H groups in total. The van der Waals surface area contributed by atoms with Crippen LogP contribution >= 0.6 is 11.3 Å². The van der Waals surface area contributed by atoms with Crippen molar-refractivity contribution >= 4 is 17.2 Å². The molecule has 5 nitrogen and oxygen atoms in total. The Hall–Kier alpha value is -1.92. The zero-order valence-electron chi connectivity index (χ0n) is 15.2. The Morgan fingerprint density at radius 1 is 1.27 bits per heavy atom. The molecule has 2 aliphatic rings. The van der Waals surface area contributed by atoms with Gasteiger partial charge in [0.15, 0.2) is 0 Å². The molecule has 2 saturated heterocycles. The lowest BCUT2D eigenvalue weighted by Crippen LogP contribution is -2.52. The Morgan fingerprint density at radius 3 is 2.69 bits per heavy atom. The van der Waals surface area contributed by atoms with Gasteiger partial charge in [0.05, 0.1) is 6.10 Å². The molecule has 0 aliphatic carbocycles. The molecule has 6 heteroatoms. The first-order valence-corrected chi connectivity index (χ1v) is 10.1. The molecule has 138 valence electrons. The maximum Gasteiger partial charge on any atom is 0.273 e. The van der Waals surface area contributed by atoms with E-state index in [1.165, 1.54) is 11.3 Å². The second kappa shape index (κ2) is 7.37. The van der Waals surface area contributed by atoms with Crippen molar-refractivity contribution in [3.8, 4) is 16.3 Å². The van der Waals surface area contributed by atoms with Gasteiger partial charge < -0.3 is 14.4 Å². The monoisotopic (exact) mass is 372 g/mol. The van der Waals surface area contributed by atoms with E-state index in [0.29, 0.717) is 17.5 Å². The number of carbonyl (C=O) groups excluding carboxylic acids is 1. The van der Waals surface area contributed by atoms with Crippen molar-refractivity contribution in [3.63, 3.8) is 0 Å². The molecule has 0 saturated carbocycles. The van der Waals surface area contributed by atoms with Gasteiger partial charge in [-0.15, -0.1) is 11.3 Å². The molecule has 1 unspecified atom stereocenters. The Balaban J connectivity index is 1.37. The van der Waals surface area contributed by atoms with E-state index in [1.54, 1.807) is 0 Å². The molecule has 26 heavy (non-hydrogen) atoms. The summed E-state index contributed by atoms with van der Waals surface area (Å²) in [6, 6.07) is 7.87. The molecule has 2 aliphatic heterocycles. The number of ether oxygens (including phenoxy) is 2. The molecular weight excluding hydrogens is 348 g/mol. The Labute approximate surface area is 157 Å². The van der Waals surface area contributed by atoms with Gasteiger partial charge in [-0.1, -0.05) is 0 Å². The summed E-state index contributed by atoms with van der Waals surface area (Å²) in [5.74, 6) is 2.10. The lowest BCUT2D eigenvalue weighted by molar-refractivity contribution is 0.0337. The maximum absolute atomic E-state index is 12.6. The fraction of sp³-hybridized carbons (Fsp3) is 0.500. The van der Waals surface area contributed by atoms with E-state index in [4.69, 9.17) is 9.47 Å². The van der Waals surface area contributed by atoms with Crippen LogP contribution in [0.5, 0.6) is 5.75 Å². The van der Waals surface area contributed by atoms with E-state index in [1.807, 2.05) is 48.4 Å². The summed E-state index contributed by atoms with van der Waals surface area (Å²) in [7, 11) is 0. The number of benzene rings is 1. The first-order chi connectivity index (χ1) is 12.6. The van der Waals surface area contributed by atoms with Gasteiger partial charge in [-0.05, 0) is 56.4 Å². The van der Waals surface area contributed by atoms with Crippen LogP contribution in [0, 0.1) is 11.8 Å². The van der Waals surface area contributed by atoms with Crippen molar-refractivity contribution in [2.24, 2.45) is 11.8 Å². The van der Waals surface area contributed by atoms with Crippen LogP contribution in [0.4, 0.5) is 0 Å². The summed E-state index contributed by atoms with van der Waals surface area (Å²) in [5, 5.41) is 2.73. The first-order valence-electron chi connectivity index (χ1n) is 9.20. The average Bonchev–Trinajstić information content (AvgIpc) is 3.25. The van der Waals surface area contributed by atoms with Gasteiger partial charge in [0.25, 0.3) is 5.91 Å². The Kier molecular flexibility index (Phi) is 4.96. The van der Waals surface area contributed by atoms with E-state index < -0.39 is 0 Å². The maximum atomic E-state index is 12.6. The number of likely N-dealkylation sites (tertiary alicyclic amines) is 1. The van der Waals surface area contributed by atoms with E-state index >= 15 is 0 Å². The standard InChI is InChI=1S/C20H24N2O3S/c1-13(2)25-17-5-3-14(4-6-17)19-21-18(12-26-19)20(23)22-9-16(10-22)15-7-8-24-11-15/h3-6,12-13,15-16H,7-11H2,1-2H3. The van der Waals surface area contributed by atoms with Crippen LogP contribution in [0.3, 0.4) is 0 Å². The number of aromatic nitrogens is 1. The predicted octanol–water partition coefficient (Wildman–Crippen LogP) is 3.71. The molecule has 1 amide bonds. The van der Waals surface area contributed by atoms with Crippen molar-refractivity contribution in [1.29, 1.82) is 0 Å². The van der Waals surface area contributed by atoms with Crippen molar-refractivity contribution in [3.05, 3.63) is 35.3 Å². The molecule has 0 bridgehead atoms. The normalized spacial score (nSPS) is 20.4. The Bertz CT molecular complexity index is 760. The summed E-state index contributed by atoms with van der Waals surface area (Å²) in [6.07, 6.45) is 1.28. The van der Waals surface area contributed by atoms with Gasteiger partial charge in [0.1, 0.15) is 16.5 Å². The van der Waals surface area contributed by atoms with Crippen molar-refractivity contribution in [1.82, 2.24) is 9.88 Å². The first kappa shape index (κ1) is 17.5. The smallest absolute Gasteiger partial charge is 0.273 e. The van der Waals surface area contributed by atoms with E-state index in [9.17, 15) is 4.79 Å². The highest BCUT2D eigenvalue weighted by Gasteiger charge is 2.38. The lowest BCUT2D eigenvalue weighted by Gasteiger charge is -2.41. The van der Waals surface area contributed by atoms with Crippen LogP contribution in [0.2, 0.25) is 0 Å². The largest absolute Gasteiger partial charge is 0.491 e. The number of hydrogen-bond donors (Lipinski definition) is 0. The summed E-state index contributed by atoms with van der Waals surface area (Å²) in [6.45, 7) is 7.40. The number of hydrogen-bond acceptors (Lipinski definition) is 5. The van der Waals surface area contributed by atoms with Crippen molar-refractivity contribution in [2.75, 3.05) is 26.3 Å². The minimum atomic E-state index is 0.0439. The molecule has 0 spiro atoms. The van der Waals surface area contributed by atoms with E-state index in [2.05, 4.69) is 4.98 Å². The summed E-state index contributed by atoms with van der Waals surface area (Å²) >= 11 is 1.51. The van der Waals surface area contributed by atoms with Gasteiger partial charge in [-0.25, -0.2) is 4.98 Å². The second-order valence-electron chi connectivity index (χ2n) is 7.32. The van der Waals surface area contributed by atoms with Gasteiger partial charge in [0.2, 0.25) is 0 Å². The number of carbonyl (C=O) groups is 1. The SMILES string of the molecule is CC(C)Oc1ccc(-c2nc(C(=O)N3CC(C4CCOC4)C3)cs2)cc1. The van der Waals surface area contributed by atoms with Gasteiger partial charge in [0, 0.05) is 37.2 Å². The summed E-state index contributed by atoms with van der Waals surface area (Å²) < 4.78 is 11.1. The van der Waals surface area contributed by atoms with Gasteiger partial charge >= 0.3 is 0 Å². The fourth-order valence-electron chi connectivity index (χ4n) is 3.52. The van der Waals surface area contributed by atoms with Crippen LogP contribution < -0.4 is 4.74 Å². The molecule has 2 aromatic rings. The third-order valence-corrected chi connectivity index (χ3v) is 5.92. The third kappa shape index (κ3) is 3.62. The van der Waals surface area contributed by atoms with Crippen LogP contribution in [0.15, 0.2) is 29.6 Å². The zero-order valence-corrected chi connectivity index (χ0v) is 16.0. The van der Waals surface area contributed by atoms with Crippen LogP contribution in [-0.4, -0.2) is 48.2 Å². The third-order valence-electron chi connectivity index (χ3n) is 5.02. The summed E-state index contributed by atoms with van der Waals surface area (Å²) in [4.78, 5) is 19.1. The molecule has 1 atom stereocenters. The minimum absolute atomic E-state index is 0.0439. The zero-order chi connectivity index (χ0) is 18.1. The van der Waals surface area contributed by atoms with Crippen LogP contribution in [0.1, 0.15) is 30.8 Å². The molecule has 2 fully saturated rings. The van der Waals surface area contributed by atoms with E-state index in [-0.39, 0.29) is 12.0 Å². The molecule has 1 aromatic heterocycles. The average molecular weight is 372 g/mol.